The van der Waals surface area contributed by atoms with Crippen LogP contribution in [-0.4, -0.2) is 19.1 Å². The van der Waals surface area contributed by atoms with Crippen molar-refractivity contribution in [3.63, 3.8) is 0 Å². The first kappa shape index (κ1) is 16.5. The van der Waals surface area contributed by atoms with Crippen molar-refractivity contribution in [3.8, 4) is 5.75 Å². The monoisotopic (exact) mass is 437 g/mol. The predicted octanol–water partition coefficient (Wildman–Crippen LogP) is 4.88. The van der Waals surface area contributed by atoms with Crippen LogP contribution in [0, 0.1) is 6.92 Å². The van der Waals surface area contributed by atoms with Gasteiger partial charge in [0.25, 0.3) is 5.91 Å². The van der Waals surface area contributed by atoms with E-state index < -0.39 is 0 Å². The van der Waals surface area contributed by atoms with Crippen LogP contribution >= 0.6 is 31.9 Å². The fraction of sp³-hybridized carbons (Fsp3) is 0.278. The Bertz CT molecular complexity index is 723. The van der Waals surface area contributed by atoms with E-state index in [-0.39, 0.29) is 12.5 Å². The largest absolute Gasteiger partial charge is 0.482 e. The SMILES string of the molecule is Cc1cc(Br)cc(Br)c1OCC(=O)N1CCCc2ccccc21. The van der Waals surface area contributed by atoms with Crippen LogP contribution in [0.3, 0.4) is 0 Å². The Labute approximate surface area is 152 Å². The van der Waals surface area contributed by atoms with Gasteiger partial charge in [0.2, 0.25) is 0 Å². The van der Waals surface area contributed by atoms with Crippen LogP contribution in [0.1, 0.15) is 17.5 Å². The minimum Gasteiger partial charge on any atom is -0.482 e. The van der Waals surface area contributed by atoms with Crippen LogP contribution in [0.25, 0.3) is 0 Å². The number of fused-ring (bicyclic) bond motifs is 1. The smallest absolute Gasteiger partial charge is 0.264 e. The number of hydrogen-bond acceptors (Lipinski definition) is 2. The highest BCUT2D eigenvalue weighted by molar-refractivity contribution is 9.11. The number of anilines is 1. The molecule has 1 amide bonds. The molecule has 0 bridgehead atoms. The number of amides is 1. The third-order valence-corrected chi connectivity index (χ3v) is 4.99. The summed E-state index contributed by atoms with van der Waals surface area (Å²) in [6, 6.07) is 12.0. The van der Waals surface area contributed by atoms with Crippen LogP contribution < -0.4 is 9.64 Å². The number of halogens is 2. The summed E-state index contributed by atoms with van der Waals surface area (Å²) >= 11 is 6.94. The summed E-state index contributed by atoms with van der Waals surface area (Å²) < 4.78 is 7.61. The molecule has 0 saturated carbocycles. The summed E-state index contributed by atoms with van der Waals surface area (Å²) in [5, 5.41) is 0. The maximum Gasteiger partial charge on any atom is 0.264 e. The molecule has 0 aromatic heterocycles. The normalized spacial score (nSPS) is 13.6. The van der Waals surface area contributed by atoms with Gasteiger partial charge in [0.1, 0.15) is 5.75 Å². The quantitative estimate of drug-likeness (QED) is 0.683. The zero-order valence-electron chi connectivity index (χ0n) is 12.8. The van der Waals surface area contributed by atoms with Crippen molar-refractivity contribution in [3.05, 3.63) is 56.5 Å². The number of ether oxygens (including phenoxy) is 1. The summed E-state index contributed by atoms with van der Waals surface area (Å²) in [5.74, 6) is 0.707. The van der Waals surface area contributed by atoms with E-state index in [1.807, 2.05) is 42.2 Å². The van der Waals surface area contributed by atoms with Gasteiger partial charge in [-0.3, -0.25) is 4.79 Å². The Balaban J connectivity index is 1.74. The van der Waals surface area contributed by atoms with Crippen molar-refractivity contribution in [1.82, 2.24) is 0 Å². The number of carbonyl (C=O) groups is 1. The van der Waals surface area contributed by atoms with E-state index in [9.17, 15) is 4.79 Å². The van der Waals surface area contributed by atoms with E-state index in [4.69, 9.17) is 4.74 Å². The zero-order valence-corrected chi connectivity index (χ0v) is 16.0. The highest BCUT2D eigenvalue weighted by atomic mass is 79.9. The lowest BCUT2D eigenvalue weighted by Crippen LogP contribution is -2.38. The summed E-state index contributed by atoms with van der Waals surface area (Å²) in [5.41, 5.74) is 3.23. The lowest BCUT2D eigenvalue weighted by molar-refractivity contribution is -0.120. The van der Waals surface area contributed by atoms with E-state index in [1.54, 1.807) is 0 Å². The van der Waals surface area contributed by atoms with Crippen LogP contribution in [0.15, 0.2) is 45.3 Å². The Morgan fingerprint density at radius 3 is 2.83 bits per heavy atom. The van der Waals surface area contributed by atoms with Gasteiger partial charge in [-0.15, -0.1) is 0 Å². The molecule has 0 radical (unpaired) electrons. The molecule has 0 aliphatic carbocycles. The van der Waals surface area contributed by atoms with Gasteiger partial charge in [-0.1, -0.05) is 34.1 Å². The highest BCUT2D eigenvalue weighted by Gasteiger charge is 2.22. The van der Waals surface area contributed by atoms with Gasteiger partial charge in [0.05, 0.1) is 4.47 Å². The molecule has 5 heteroatoms. The summed E-state index contributed by atoms with van der Waals surface area (Å²) in [7, 11) is 0. The lowest BCUT2D eigenvalue weighted by Gasteiger charge is -2.29. The Kier molecular flexibility index (Phi) is 5.07. The summed E-state index contributed by atoms with van der Waals surface area (Å²) in [6.07, 6.45) is 2.02. The van der Waals surface area contributed by atoms with E-state index in [0.29, 0.717) is 5.75 Å². The second-order valence-corrected chi connectivity index (χ2v) is 7.37. The number of para-hydroxylation sites is 1. The van der Waals surface area contributed by atoms with Crippen molar-refractivity contribution in [2.24, 2.45) is 0 Å². The fourth-order valence-electron chi connectivity index (χ4n) is 2.88. The van der Waals surface area contributed by atoms with Gasteiger partial charge in [-0.05, 0) is 65.0 Å². The summed E-state index contributed by atoms with van der Waals surface area (Å²) in [6.45, 7) is 2.75. The minimum absolute atomic E-state index is 0.00799. The molecule has 3 rings (SSSR count). The minimum atomic E-state index is -0.00799. The molecule has 0 saturated heterocycles. The van der Waals surface area contributed by atoms with Crippen LogP contribution in [0.4, 0.5) is 5.69 Å². The molecule has 1 aliphatic heterocycles. The maximum atomic E-state index is 12.6. The van der Waals surface area contributed by atoms with Crippen molar-refractivity contribution >= 4 is 43.5 Å². The van der Waals surface area contributed by atoms with E-state index in [2.05, 4.69) is 37.9 Å². The first-order valence-corrected chi connectivity index (χ1v) is 9.11. The maximum absolute atomic E-state index is 12.6. The number of nitrogens with zero attached hydrogens (tertiary/aromatic N) is 1. The molecule has 0 spiro atoms. The number of hydrogen-bond donors (Lipinski definition) is 0. The molecule has 1 heterocycles. The second-order valence-electron chi connectivity index (χ2n) is 5.60. The van der Waals surface area contributed by atoms with Gasteiger partial charge in [-0.2, -0.15) is 0 Å². The predicted molar refractivity (Wildman–Crippen MR) is 99.2 cm³/mol. The number of carbonyl (C=O) groups excluding carboxylic acids is 1. The van der Waals surface area contributed by atoms with Crippen molar-refractivity contribution in [2.45, 2.75) is 19.8 Å². The molecular weight excluding hydrogens is 422 g/mol. The van der Waals surface area contributed by atoms with Gasteiger partial charge < -0.3 is 9.64 Å². The second kappa shape index (κ2) is 7.05. The Morgan fingerprint density at radius 2 is 2.04 bits per heavy atom. The molecule has 0 N–H and O–H groups in total. The third kappa shape index (κ3) is 3.61. The standard InChI is InChI=1S/C18H17Br2NO2/c1-12-9-14(19)10-15(20)18(12)23-11-17(22)21-8-4-6-13-5-2-3-7-16(13)21/h2-3,5,7,9-10H,4,6,8,11H2,1H3. The molecule has 3 nitrogen and oxygen atoms in total. The third-order valence-electron chi connectivity index (χ3n) is 3.95. The molecular formula is C18H17Br2NO2. The molecule has 0 fully saturated rings. The van der Waals surface area contributed by atoms with Crippen molar-refractivity contribution in [1.29, 1.82) is 0 Å². The molecule has 23 heavy (non-hydrogen) atoms. The average molecular weight is 439 g/mol. The van der Waals surface area contributed by atoms with Crippen molar-refractivity contribution < 1.29 is 9.53 Å². The Morgan fingerprint density at radius 1 is 1.26 bits per heavy atom. The fourth-order valence-corrected chi connectivity index (χ4v) is 4.43. The molecule has 2 aromatic carbocycles. The zero-order chi connectivity index (χ0) is 16.4. The van der Waals surface area contributed by atoms with Crippen LogP contribution in [0.2, 0.25) is 0 Å². The number of aryl methyl sites for hydroxylation is 2. The van der Waals surface area contributed by atoms with E-state index in [1.165, 1.54) is 5.56 Å². The molecule has 2 aromatic rings. The van der Waals surface area contributed by atoms with Crippen LogP contribution in [0.5, 0.6) is 5.75 Å². The van der Waals surface area contributed by atoms with Gasteiger partial charge >= 0.3 is 0 Å². The van der Waals surface area contributed by atoms with Gasteiger partial charge in [0, 0.05) is 16.7 Å². The van der Waals surface area contributed by atoms with Gasteiger partial charge in [0.15, 0.2) is 6.61 Å². The van der Waals surface area contributed by atoms with Crippen LogP contribution in [-0.2, 0) is 11.2 Å². The van der Waals surface area contributed by atoms with E-state index >= 15 is 0 Å². The first-order chi connectivity index (χ1) is 11.1. The summed E-state index contributed by atoms with van der Waals surface area (Å²) in [4.78, 5) is 14.4. The molecule has 0 unspecified atom stereocenters. The van der Waals surface area contributed by atoms with Crippen molar-refractivity contribution in [2.75, 3.05) is 18.1 Å². The molecule has 1 aliphatic rings. The number of benzene rings is 2. The molecule has 0 atom stereocenters. The molecule has 120 valence electrons. The average Bonchev–Trinajstić information content (AvgIpc) is 2.53. The Hall–Kier alpha value is -1.33. The van der Waals surface area contributed by atoms with E-state index in [0.717, 1.165) is 39.6 Å². The number of rotatable bonds is 3. The topological polar surface area (TPSA) is 29.5 Å². The first-order valence-electron chi connectivity index (χ1n) is 7.53. The lowest BCUT2D eigenvalue weighted by atomic mass is 10.0. The van der Waals surface area contributed by atoms with Gasteiger partial charge in [-0.25, -0.2) is 0 Å². The highest BCUT2D eigenvalue weighted by Crippen LogP contribution is 2.33.